The molecule has 0 saturated heterocycles. The Morgan fingerprint density at radius 3 is 1.75 bits per heavy atom. The van der Waals surface area contributed by atoms with Crippen molar-refractivity contribution in [2.45, 2.75) is 0 Å². The number of hydrogen-bond acceptors (Lipinski definition) is 5. The van der Waals surface area contributed by atoms with E-state index in [0.29, 0.717) is 17.5 Å². The zero-order chi connectivity index (χ0) is 31.6. The summed E-state index contributed by atoms with van der Waals surface area (Å²) < 4.78 is 12.4. The highest BCUT2D eigenvalue weighted by Gasteiger charge is 2.19. The molecule has 10 rings (SSSR count). The van der Waals surface area contributed by atoms with Gasteiger partial charge in [-0.3, -0.25) is 0 Å². The number of aromatic nitrogens is 3. The summed E-state index contributed by atoms with van der Waals surface area (Å²) in [5.74, 6) is 1.80. The zero-order valence-corrected chi connectivity index (χ0v) is 25.6. The van der Waals surface area contributed by atoms with Gasteiger partial charge in [-0.25, -0.2) is 15.0 Å². The lowest BCUT2D eigenvalue weighted by molar-refractivity contribution is 0.668. The van der Waals surface area contributed by atoms with E-state index in [4.69, 9.17) is 23.8 Å². The molecule has 48 heavy (non-hydrogen) atoms. The number of para-hydroxylation sites is 2. The Bertz CT molecular complexity index is 2860. The molecule has 0 amide bonds. The van der Waals surface area contributed by atoms with Gasteiger partial charge in [0.15, 0.2) is 17.5 Å². The Labute approximate surface area is 274 Å². The van der Waals surface area contributed by atoms with Crippen LogP contribution >= 0.6 is 0 Å². The van der Waals surface area contributed by atoms with Crippen LogP contribution in [0.3, 0.4) is 0 Å². The van der Waals surface area contributed by atoms with Crippen molar-refractivity contribution in [3.63, 3.8) is 0 Å². The third-order valence-corrected chi connectivity index (χ3v) is 9.14. The van der Waals surface area contributed by atoms with Crippen LogP contribution in [0.5, 0.6) is 0 Å². The first-order valence-electron chi connectivity index (χ1n) is 15.9. The molecule has 0 saturated carbocycles. The third kappa shape index (κ3) is 4.22. The summed E-state index contributed by atoms with van der Waals surface area (Å²) >= 11 is 0. The first kappa shape index (κ1) is 26.6. The van der Waals surface area contributed by atoms with Gasteiger partial charge in [-0.1, -0.05) is 109 Å². The van der Waals surface area contributed by atoms with Crippen molar-refractivity contribution in [3.05, 3.63) is 152 Å². The Morgan fingerprint density at radius 1 is 0.333 bits per heavy atom. The van der Waals surface area contributed by atoms with E-state index in [1.54, 1.807) is 0 Å². The summed E-state index contributed by atoms with van der Waals surface area (Å²) in [7, 11) is 0. The highest BCUT2D eigenvalue weighted by molar-refractivity contribution is 6.13. The third-order valence-electron chi connectivity index (χ3n) is 9.14. The number of nitrogens with zero attached hydrogens (tertiary/aromatic N) is 3. The molecule has 5 heteroatoms. The fourth-order valence-electron chi connectivity index (χ4n) is 6.86. The molecule has 7 aromatic carbocycles. The molecule has 3 heterocycles. The maximum atomic E-state index is 6.26. The molecule has 0 bridgehead atoms. The normalized spacial score (nSPS) is 11.8. The lowest BCUT2D eigenvalue weighted by Gasteiger charge is -2.13. The van der Waals surface area contributed by atoms with Gasteiger partial charge in [-0.05, 0) is 64.4 Å². The molecule has 10 aromatic rings. The molecular formula is C43H25N3O2. The quantitative estimate of drug-likeness (QED) is 0.197. The first-order chi connectivity index (χ1) is 23.8. The molecule has 224 valence electrons. The largest absolute Gasteiger partial charge is 0.456 e. The lowest BCUT2D eigenvalue weighted by Crippen LogP contribution is -2.01. The molecule has 0 aliphatic rings. The SMILES string of the molecule is c1ccc(-c2cccc3oc4ccccc4c23)c(-c2nc(-c3ccc4ccccc4c3)nc(-c3ccc4oc5ccccc5c4c3)n2)c1. The number of fused-ring (bicyclic) bond motifs is 7. The maximum Gasteiger partial charge on any atom is 0.164 e. The second kappa shape index (κ2) is 10.5. The second-order valence-corrected chi connectivity index (χ2v) is 12.0. The van der Waals surface area contributed by atoms with E-state index in [1.165, 1.54) is 5.39 Å². The predicted molar refractivity (Wildman–Crippen MR) is 194 cm³/mol. The van der Waals surface area contributed by atoms with E-state index in [0.717, 1.165) is 77.1 Å². The zero-order valence-electron chi connectivity index (χ0n) is 25.6. The van der Waals surface area contributed by atoms with Crippen LogP contribution in [-0.2, 0) is 0 Å². The average Bonchev–Trinajstić information content (AvgIpc) is 3.73. The van der Waals surface area contributed by atoms with Crippen molar-refractivity contribution in [1.29, 1.82) is 0 Å². The molecular weight excluding hydrogens is 590 g/mol. The van der Waals surface area contributed by atoms with E-state index in [1.807, 2.05) is 66.7 Å². The van der Waals surface area contributed by atoms with Crippen LogP contribution in [0.25, 0.3) is 99.9 Å². The Kier molecular flexibility index (Phi) is 5.81. The Balaban J connectivity index is 1.22. The minimum absolute atomic E-state index is 0.595. The number of furan rings is 2. The lowest BCUT2D eigenvalue weighted by atomic mass is 9.95. The van der Waals surface area contributed by atoms with Gasteiger partial charge >= 0.3 is 0 Å². The Hall–Kier alpha value is -6.59. The van der Waals surface area contributed by atoms with E-state index in [2.05, 4.69) is 84.9 Å². The van der Waals surface area contributed by atoms with E-state index in [-0.39, 0.29) is 0 Å². The topological polar surface area (TPSA) is 65.0 Å². The fourth-order valence-corrected chi connectivity index (χ4v) is 6.86. The minimum atomic E-state index is 0.595. The van der Waals surface area contributed by atoms with Crippen LogP contribution in [0.4, 0.5) is 0 Å². The van der Waals surface area contributed by atoms with Crippen molar-refractivity contribution in [2.75, 3.05) is 0 Å². The summed E-state index contributed by atoms with van der Waals surface area (Å²) in [4.78, 5) is 15.4. The van der Waals surface area contributed by atoms with E-state index < -0.39 is 0 Å². The molecule has 5 nitrogen and oxygen atoms in total. The number of benzene rings is 7. The predicted octanol–water partition coefficient (Wildman–Crippen LogP) is 11.5. The van der Waals surface area contributed by atoms with Crippen molar-refractivity contribution in [2.24, 2.45) is 0 Å². The van der Waals surface area contributed by atoms with Gasteiger partial charge < -0.3 is 8.83 Å². The molecule has 0 atom stereocenters. The van der Waals surface area contributed by atoms with E-state index in [9.17, 15) is 0 Å². The van der Waals surface area contributed by atoms with Gasteiger partial charge in [0.05, 0.1) is 0 Å². The number of hydrogen-bond donors (Lipinski definition) is 0. The van der Waals surface area contributed by atoms with Crippen molar-refractivity contribution < 1.29 is 8.83 Å². The van der Waals surface area contributed by atoms with Crippen LogP contribution in [0.15, 0.2) is 160 Å². The summed E-state index contributed by atoms with van der Waals surface area (Å²) in [5.41, 5.74) is 8.20. The van der Waals surface area contributed by atoms with Gasteiger partial charge in [0.2, 0.25) is 0 Å². The van der Waals surface area contributed by atoms with Gasteiger partial charge in [-0.15, -0.1) is 0 Å². The van der Waals surface area contributed by atoms with Crippen LogP contribution in [0.1, 0.15) is 0 Å². The van der Waals surface area contributed by atoms with Gasteiger partial charge in [0, 0.05) is 38.2 Å². The Morgan fingerprint density at radius 2 is 0.896 bits per heavy atom. The van der Waals surface area contributed by atoms with Crippen LogP contribution < -0.4 is 0 Å². The molecule has 0 aliphatic carbocycles. The smallest absolute Gasteiger partial charge is 0.164 e. The average molecular weight is 616 g/mol. The van der Waals surface area contributed by atoms with Gasteiger partial charge in [-0.2, -0.15) is 0 Å². The standard InChI is InChI=1S/C43H25N3O2/c1-2-11-27-24-28(21-20-26(27)10-1)41-44-42(29-22-23-38-35(25-29)31-13-5-7-17-36(31)47-38)46-43(45-41)33-14-4-3-12-30(33)32-16-9-19-39-40(32)34-15-6-8-18-37(34)48-39/h1-25H. The van der Waals surface area contributed by atoms with Crippen LogP contribution in [0, 0.1) is 0 Å². The van der Waals surface area contributed by atoms with Gasteiger partial charge in [0.25, 0.3) is 0 Å². The molecule has 0 unspecified atom stereocenters. The number of rotatable bonds is 4. The maximum absolute atomic E-state index is 6.26. The molecule has 3 aromatic heterocycles. The second-order valence-electron chi connectivity index (χ2n) is 12.0. The summed E-state index contributed by atoms with van der Waals surface area (Å²) in [6.07, 6.45) is 0. The van der Waals surface area contributed by atoms with Crippen LogP contribution in [-0.4, -0.2) is 15.0 Å². The molecule has 0 spiro atoms. The summed E-state index contributed by atoms with van der Waals surface area (Å²) in [6, 6.07) is 51.7. The van der Waals surface area contributed by atoms with Gasteiger partial charge in [0.1, 0.15) is 22.3 Å². The fraction of sp³-hybridized carbons (Fsp3) is 0. The highest BCUT2D eigenvalue weighted by Crippen LogP contribution is 2.40. The van der Waals surface area contributed by atoms with Crippen molar-refractivity contribution in [3.8, 4) is 45.3 Å². The van der Waals surface area contributed by atoms with Crippen LogP contribution in [0.2, 0.25) is 0 Å². The molecule has 0 radical (unpaired) electrons. The molecule has 0 aliphatic heterocycles. The molecule has 0 N–H and O–H groups in total. The minimum Gasteiger partial charge on any atom is -0.456 e. The van der Waals surface area contributed by atoms with E-state index >= 15 is 0 Å². The summed E-state index contributed by atoms with van der Waals surface area (Å²) in [5, 5.41) is 6.52. The van der Waals surface area contributed by atoms with Crippen molar-refractivity contribution in [1.82, 2.24) is 15.0 Å². The monoisotopic (exact) mass is 615 g/mol. The first-order valence-corrected chi connectivity index (χ1v) is 15.9. The molecule has 0 fully saturated rings. The highest BCUT2D eigenvalue weighted by atomic mass is 16.3. The summed E-state index contributed by atoms with van der Waals surface area (Å²) in [6.45, 7) is 0. The van der Waals surface area contributed by atoms with Crippen molar-refractivity contribution >= 4 is 54.6 Å².